The van der Waals surface area contributed by atoms with Gasteiger partial charge in [0.1, 0.15) is 34.7 Å². The lowest BCUT2D eigenvalue weighted by molar-refractivity contribution is 0.0947. The minimum absolute atomic E-state index is 0.133. The second-order valence-electron chi connectivity index (χ2n) is 9.47. The fourth-order valence-corrected chi connectivity index (χ4v) is 4.98. The van der Waals surface area contributed by atoms with E-state index < -0.39 is 11.7 Å². The molecule has 1 amide bonds. The van der Waals surface area contributed by atoms with Crippen LogP contribution in [0.4, 0.5) is 10.2 Å². The van der Waals surface area contributed by atoms with Gasteiger partial charge in [0, 0.05) is 44.3 Å². The maximum absolute atomic E-state index is 13.6. The van der Waals surface area contributed by atoms with Gasteiger partial charge in [0.2, 0.25) is 0 Å². The van der Waals surface area contributed by atoms with Crippen molar-refractivity contribution in [1.29, 1.82) is 5.26 Å². The molecule has 9 nitrogen and oxygen atoms in total. The maximum Gasteiger partial charge on any atom is 0.255 e. The van der Waals surface area contributed by atoms with Gasteiger partial charge in [-0.1, -0.05) is 24.3 Å². The molecule has 2 aromatic carbocycles. The zero-order chi connectivity index (χ0) is 25.9. The summed E-state index contributed by atoms with van der Waals surface area (Å²) in [5, 5.41) is 20.7. The van der Waals surface area contributed by atoms with E-state index in [1.807, 2.05) is 28.9 Å². The summed E-state index contributed by atoms with van der Waals surface area (Å²) in [5.41, 5.74) is 9.08. The number of piperidine rings is 1. The highest BCUT2D eigenvalue weighted by Crippen LogP contribution is 2.33. The monoisotopic (exact) mass is 503 g/mol. The van der Waals surface area contributed by atoms with E-state index in [1.54, 1.807) is 0 Å². The van der Waals surface area contributed by atoms with Crippen molar-refractivity contribution in [3.63, 3.8) is 0 Å². The predicted molar refractivity (Wildman–Crippen MR) is 137 cm³/mol. The van der Waals surface area contributed by atoms with Crippen molar-refractivity contribution in [1.82, 2.24) is 25.3 Å². The first-order valence-electron chi connectivity index (χ1n) is 12.4. The molecule has 5 rings (SSSR count). The molecule has 3 heterocycles. The summed E-state index contributed by atoms with van der Waals surface area (Å²) in [6, 6.07) is 14.3. The van der Waals surface area contributed by atoms with Crippen molar-refractivity contribution in [3.8, 4) is 23.1 Å². The molecule has 2 aliphatic rings. The summed E-state index contributed by atoms with van der Waals surface area (Å²) in [5.74, 6) is -0.235. The first-order chi connectivity index (χ1) is 18.0. The van der Waals surface area contributed by atoms with Crippen LogP contribution in [0.2, 0.25) is 0 Å². The highest BCUT2D eigenvalue weighted by atomic mass is 19.1. The smallest absolute Gasteiger partial charge is 0.255 e. The van der Waals surface area contributed by atoms with Crippen molar-refractivity contribution in [2.45, 2.75) is 31.5 Å². The number of nitrogens with one attached hydrogen (secondary N) is 2. The molecule has 0 saturated carbocycles. The van der Waals surface area contributed by atoms with Crippen LogP contribution in [0.1, 0.15) is 40.4 Å². The number of rotatable bonds is 7. The zero-order valence-electron chi connectivity index (χ0n) is 20.7. The molecule has 1 aromatic heterocycles. The molecule has 2 aliphatic heterocycles. The van der Waals surface area contributed by atoms with E-state index >= 15 is 0 Å². The summed E-state index contributed by atoms with van der Waals surface area (Å²) >= 11 is 0. The summed E-state index contributed by atoms with van der Waals surface area (Å²) in [6.45, 7) is 4.34. The Morgan fingerprint density at radius 2 is 1.95 bits per heavy atom. The van der Waals surface area contributed by atoms with Crippen LogP contribution in [0.5, 0.6) is 5.75 Å². The topological polar surface area (TPSA) is 121 Å². The molecule has 4 N–H and O–H groups in total. The molecule has 0 bridgehead atoms. The van der Waals surface area contributed by atoms with E-state index in [-0.39, 0.29) is 18.2 Å². The van der Waals surface area contributed by atoms with Crippen LogP contribution in [-0.4, -0.2) is 59.9 Å². The van der Waals surface area contributed by atoms with Gasteiger partial charge in [0.05, 0.1) is 18.7 Å². The number of halogens is 1. The number of methoxy groups -OCH3 is 1. The second kappa shape index (κ2) is 10.6. The lowest BCUT2D eigenvalue weighted by Gasteiger charge is -2.42. The average molecular weight is 504 g/mol. The summed E-state index contributed by atoms with van der Waals surface area (Å²) in [6.07, 6.45) is 1.89. The second-order valence-corrected chi connectivity index (χ2v) is 9.47. The maximum atomic E-state index is 13.6. The van der Waals surface area contributed by atoms with E-state index in [2.05, 4.69) is 21.6 Å². The van der Waals surface area contributed by atoms with Crippen LogP contribution in [0.3, 0.4) is 0 Å². The number of nitrogen functional groups attached to an aromatic ring is 1. The van der Waals surface area contributed by atoms with Crippen molar-refractivity contribution in [2.75, 3.05) is 39.0 Å². The normalized spacial score (nSPS) is 16.7. The lowest BCUT2D eigenvalue weighted by Crippen LogP contribution is -2.58. The number of carbonyl (C=O) groups is 1. The number of nitrogens with two attached hydrogens (primary N) is 1. The Morgan fingerprint density at radius 3 is 2.57 bits per heavy atom. The number of ether oxygens (including phenoxy) is 1. The number of hydrogen-bond acceptors (Lipinski definition) is 7. The number of carbonyl (C=O) groups excluding carboxylic acids is 1. The third-order valence-corrected chi connectivity index (χ3v) is 7.27. The summed E-state index contributed by atoms with van der Waals surface area (Å²) in [7, 11) is 1.43. The Kier molecular flexibility index (Phi) is 7.08. The molecular weight excluding hydrogens is 473 g/mol. The van der Waals surface area contributed by atoms with E-state index in [9.17, 15) is 14.4 Å². The van der Waals surface area contributed by atoms with Crippen LogP contribution >= 0.6 is 0 Å². The standard InChI is InChI=1S/C27H30FN7O2/c1-37-24-7-6-19(28)12-22(24)27(36)32-14-17-2-4-18(5-3-17)25-23(13-29)26(30)35(33-25)20-8-10-34(11-9-20)21-15-31-16-21/h2-7,12,20-21,31H,8-11,14-16,30H2,1H3,(H,32,36). The molecular formula is C27H30FN7O2. The number of aromatic nitrogens is 2. The minimum Gasteiger partial charge on any atom is -0.496 e. The van der Waals surface area contributed by atoms with E-state index in [1.165, 1.54) is 19.2 Å². The van der Waals surface area contributed by atoms with Gasteiger partial charge in [-0.3, -0.25) is 9.69 Å². The molecule has 0 aliphatic carbocycles. The third kappa shape index (κ3) is 5.01. The Morgan fingerprint density at radius 1 is 1.22 bits per heavy atom. The molecule has 2 saturated heterocycles. The van der Waals surface area contributed by atoms with Crippen LogP contribution in [0.15, 0.2) is 42.5 Å². The lowest BCUT2D eigenvalue weighted by atomic mass is 10.0. The van der Waals surface area contributed by atoms with Crippen molar-refractivity contribution in [3.05, 3.63) is 65.0 Å². The number of nitriles is 1. The van der Waals surface area contributed by atoms with Gasteiger partial charge < -0.3 is 21.1 Å². The fourth-order valence-electron chi connectivity index (χ4n) is 4.98. The van der Waals surface area contributed by atoms with Crippen LogP contribution in [-0.2, 0) is 6.54 Å². The van der Waals surface area contributed by atoms with Gasteiger partial charge in [-0.25, -0.2) is 9.07 Å². The first-order valence-corrected chi connectivity index (χ1v) is 12.4. The zero-order valence-corrected chi connectivity index (χ0v) is 20.7. The molecule has 192 valence electrons. The Labute approximate surface area is 215 Å². The Bertz CT molecular complexity index is 1320. The minimum atomic E-state index is -0.511. The van der Waals surface area contributed by atoms with Gasteiger partial charge in [0.25, 0.3) is 5.91 Å². The van der Waals surface area contributed by atoms with Crippen molar-refractivity contribution in [2.24, 2.45) is 0 Å². The highest BCUT2D eigenvalue weighted by Gasteiger charge is 2.31. The highest BCUT2D eigenvalue weighted by molar-refractivity contribution is 5.96. The number of hydrogen-bond donors (Lipinski definition) is 3. The average Bonchev–Trinajstić information content (AvgIpc) is 3.23. The van der Waals surface area contributed by atoms with Gasteiger partial charge in [-0.15, -0.1) is 0 Å². The van der Waals surface area contributed by atoms with Gasteiger partial charge in [-0.05, 0) is 36.6 Å². The van der Waals surface area contributed by atoms with E-state index in [4.69, 9.17) is 15.6 Å². The van der Waals surface area contributed by atoms with Crippen LogP contribution < -0.4 is 21.1 Å². The molecule has 0 atom stereocenters. The number of likely N-dealkylation sites (tertiary alicyclic amines) is 1. The Balaban J connectivity index is 1.27. The molecule has 2 fully saturated rings. The fraction of sp³-hybridized carbons (Fsp3) is 0.370. The summed E-state index contributed by atoms with van der Waals surface area (Å²) < 4.78 is 20.6. The van der Waals surface area contributed by atoms with Crippen LogP contribution in [0.25, 0.3) is 11.3 Å². The number of benzene rings is 2. The van der Waals surface area contributed by atoms with E-state index in [0.717, 1.165) is 56.2 Å². The first kappa shape index (κ1) is 24.7. The molecule has 0 unspecified atom stereocenters. The summed E-state index contributed by atoms with van der Waals surface area (Å²) in [4.78, 5) is 15.1. The third-order valence-electron chi connectivity index (χ3n) is 7.27. The largest absolute Gasteiger partial charge is 0.496 e. The predicted octanol–water partition coefficient (Wildman–Crippen LogP) is 2.69. The van der Waals surface area contributed by atoms with Crippen LogP contribution in [0, 0.1) is 17.1 Å². The number of anilines is 1. The van der Waals surface area contributed by atoms with Gasteiger partial charge in [-0.2, -0.15) is 10.4 Å². The van der Waals surface area contributed by atoms with Gasteiger partial charge >= 0.3 is 0 Å². The molecule has 3 aromatic rings. The number of nitrogens with zero attached hydrogens (tertiary/aromatic N) is 4. The molecule has 0 spiro atoms. The molecule has 37 heavy (non-hydrogen) atoms. The molecule has 10 heteroatoms. The molecule has 0 radical (unpaired) electrons. The quantitative estimate of drug-likeness (QED) is 0.453. The van der Waals surface area contributed by atoms with E-state index in [0.29, 0.717) is 28.9 Å². The van der Waals surface area contributed by atoms with Crippen molar-refractivity contribution < 1.29 is 13.9 Å². The van der Waals surface area contributed by atoms with Gasteiger partial charge in [0.15, 0.2) is 0 Å². The number of amides is 1. The van der Waals surface area contributed by atoms with Crippen molar-refractivity contribution >= 4 is 11.7 Å². The SMILES string of the molecule is COc1ccc(F)cc1C(=O)NCc1ccc(-c2nn(C3CCN(C4CNC4)CC3)c(N)c2C#N)cc1. The Hall–Kier alpha value is -3.94.